The Labute approximate surface area is 135 Å². The summed E-state index contributed by atoms with van der Waals surface area (Å²) in [5, 5.41) is 7.02. The van der Waals surface area contributed by atoms with E-state index in [4.69, 9.17) is 0 Å². The van der Waals surface area contributed by atoms with Crippen LogP contribution in [0.3, 0.4) is 0 Å². The molecule has 0 saturated carbocycles. The highest BCUT2D eigenvalue weighted by atomic mass is 32.2. The standard InChI is InChI=1S/C18H22N2OS/c1-10-3-6-12(7-4-10)16-19-17(21)15-13-8-5-11(2)9-14(13)22-18(15)20-16/h3-4,6-7,11,15-16,18,20H,5,8-9H2,1-2H3,(H,19,21). The molecule has 3 nitrogen and oxygen atoms in total. The average Bonchev–Trinajstić information content (AvgIpc) is 2.85. The van der Waals surface area contributed by atoms with Gasteiger partial charge in [-0.05, 0) is 48.1 Å². The molecule has 4 atom stereocenters. The molecule has 1 aliphatic carbocycles. The van der Waals surface area contributed by atoms with E-state index in [1.165, 1.54) is 22.5 Å². The predicted molar refractivity (Wildman–Crippen MR) is 90.1 cm³/mol. The molecule has 2 heterocycles. The number of hydrogen-bond donors (Lipinski definition) is 2. The van der Waals surface area contributed by atoms with Gasteiger partial charge in [-0.25, -0.2) is 0 Å². The average molecular weight is 314 g/mol. The van der Waals surface area contributed by atoms with Gasteiger partial charge in [-0.1, -0.05) is 36.8 Å². The van der Waals surface area contributed by atoms with Crippen LogP contribution < -0.4 is 10.6 Å². The number of amides is 1. The molecule has 1 fully saturated rings. The van der Waals surface area contributed by atoms with Crippen molar-refractivity contribution < 1.29 is 4.79 Å². The van der Waals surface area contributed by atoms with Crippen LogP contribution >= 0.6 is 11.8 Å². The zero-order chi connectivity index (χ0) is 15.3. The first-order chi connectivity index (χ1) is 10.6. The molecule has 0 bridgehead atoms. The smallest absolute Gasteiger partial charge is 0.231 e. The Kier molecular flexibility index (Phi) is 3.54. The molecule has 4 heteroatoms. The van der Waals surface area contributed by atoms with Crippen LogP contribution in [0.5, 0.6) is 0 Å². The van der Waals surface area contributed by atoms with E-state index in [9.17, 15) is 4.79 Å². The Bertz CT molecular complexity index is 637. The minimum Gasteiger partial charge on any atom is -0.336 e. The summed E-state index contributed by atoms with van der Waals surface area (Å²) in [6.07, 6.45) is 3.39. The first-order valence-electron chi connectivity index (χ1n) is 8.13. The molecular weight excluding hydrogens is 292 g/mol. The summed E-state index contributed by atoms with van der Waals surface area (Å²) in [5.74, 6) is 0.984. The Morgan fingerprint density at radius 3 is 2.77 bits per heavy atom. The summed E-state index contributed by atoms with van der Waals surface area (Å²) in [7, 11) is 0. The zero-order valence-electron chi connectivity index (χ0n) is 13.1. The van der Waals surface area contributed by atoms with Gasteiger partial charge in [0.15, 0.2) is 0 Å². The Balaban J connectivity index is 1.56. The molecule has 116 valence electrons. The fourth-order valence-electron chi connectivity index (χ4n) is 3.75. The van der Waals surface area contributed by atoms with Crippen molar-refractivity contribution in [3.8, 4) is 0 Å². The molecule has 1 amide bonds. The van der Waals surface area contributed by atoms with Crippen LogP contribution in [0.25, 0.3) is 0 Å². The minimum absolute atomic E-state index is 0.0363. The normalized spacial score (nSPS) is 34.2. The van der Waals surface area contributed by atoms with Crippen molar-refractivity contribution in [2.24, 2.45) is 11.8 Å². The summed E-state index contributed by atoms with van der Waals surface area (Å²) < 4.78 is 0. The number of carbonyl (C=O) groups excluding carboxylic acids is 1. The van der Waals surface area contributed by atoms with Crippen LogP contribution in [-0.2, 0) is 4.79 Å². The monoisotopic (exact) mass is 314 g/mol. The van der Waals surface area contributed by atoms with E-state index < -0.39 is 0 Å². The second-order valence-corrected chi connectivity index (χ2v) is 8.07. The molecule has 0 radical (unpaired) electrons. The van der Waals surface area contributed by atoms with Crippen molar-refractivity contribution in [2.45, 2.75) is 44.6 Å². The fourth-order valence-corrected chi connectivity index (χ4v) is 5.45. The van der Waals surface area contributed by atoms with Crippen LogP contribution in [0.15, 0.2) is 34.7 Å². The second-order valence-electron chi connectivity index (χ2n) is 6.83. The molecule has 4 rings (SSSR count). The van der Waals surface area contributed by atoms with Crippen molar-refractivity contribution in [1.82, 2.24) is 10.6 Å². The van der Waals surface area contributed by atoms with Gasteiger partial charge in [0.05, 0.1) is 11.3 Å². The third-order valence-corrected chi connectivity index (χ3v) is 6.43. The van der Waals surface area contributed by atoms with E-state index in [0.29, 0.717) is 0 Å². The SMILES string of the molecule is Cc1ccc(C2NC(=O)C3C4=C(CC(C)CC4)SC3N2)cc1. The van der Waals surface area contributed by atoms with Crippen LogP contribution in [0.2, 0.25) is 0 Å². The van der Waals surface area contributed by atoms with Crippen molar-refractivity contribution in [3.63, 3.8) is 0 Å². The second kappa shape index (κ2) is 5.43. The van der Waals surface area contributed by atoms with Gasteiger partial charge in [-0.2, -0.15) is 0 Å². The van der Waals surface area contributed by atoms with Gasteiger partial charge in [0, 0.05) is 0 Å². The summed E-state index contributed by atoms with van der Waals surface area (Å²) in [6, 6.07) is 8.40. The number of fused-ring (bicyclic) bond motifs is 2. The number of aryl methyl sites for hydroxylation is 1. The van der Waals surface area contributed by atoms with Crippen LogP contribution in [0.4, 0.5) is 0 Å². The number of carbonyl (C=O) groups is 1. The Morgan fingerprint density at radius 2 is 2.00 bits per heavy atom. The highest BCUT2D eigenvalue weighted by Gasteiger charge is 2.45. The summed E-state index contributed by atoms with van der Waals surface area (Å²) in [5.41, 5.74) is 3.78. The molecule has 2 aliphatic heterocycles. The summed E-state index contributed by atoms with van der Waals surface area (Å²) >= 11 is 1.90. The van der Waals surface area contributed by atoms with E-state index in [2.05, 4.69) is 48.7 Å². The maximum Gasteiger partial charge on any atom is 0.231 e. The molecule has 1 saturated heterocycles. The largest absolute Gasteiger partial charge is 0.336 e. The summed E-state index contributed by atoms with van der Waals surface area (Å²) in [6.45, 7) is 4.40. The maximum atomic E-state index is 12.7. The van der Waals surface area contributed by atoms with Gasteiger partial charge < -0.3 is 5.32 Å². The quantitative estimate of drug-likeness (QED) is 0.834. The van der Waals surface area contributed by atoms with Gasteiger partial charge in [-0.15, -0.1) is 11.8 Å². The summed E-state index contributed by atoms with van der Waals surface area (Å²) in [4.78, 5) is 14.1. The maximum absolute atomic E-state index is 12.7. The van der Waals surface area contributed by atoms with Crippen molar-refractivity contribution in [2.75, 3.05) is 0 Å². The van der Waals surface area contributed by atoms with Gasteiger partial charge in [0.2, 0.25) is 5.91 Å². The number of benzene rings is 1. The first kappa shape index (κ1) is 14.3. The van der Waals surface area contributed by atoms with Crippen LogP contribution in [0, 0.1) is 18.8 Å². The Hall–Kier alpha value is -1.26. The van der Waals surface area contributed by atoms with E-state index in [-0.39, 0.29) is 23.4 Å². The highest BCUT2D eigenvalue weighted by Crippen LogP contribution is 2.50. The number of thioether (sulfide) groups is 1. The number of rotatable bonds is 1. The molecule has 1 aromatic rings. The van der Waals surface area contributed by atoms with Crippen molar-refractivity contribution >= 4 is 17.7 Å². The van der Waals surface area contributed by atoms with E-state index in [1.807, 2.05) is 11.8 Å². The van der Waals surface area contributed by atoms with Gasteiger partial charge in [0.25, 0.3) is 0 Å². The van der Waals surface area contributed by atoms with Crippen molar-refractivity contribution in [3.05, 3.63) is 45.9 Å². The zero-order valence-corrected chi connectivity index (χ0v) is 13.9. The third kappa shape index (κ3) is 2.38. The number of allylic oxidation sites excluding steroid dienone is 1. The molecule has 0 aromatic heterocycles. The van der Waals surface area contributed by atoms with Gasteiger partial charge in [0.1, 0.15) is 6.17 Å². The van der Waals surface area contributed by atoms with Crippen LogP contribution in [0.1, 0.15) is 43.5 Å². The molecule has 0 spiro atoms. The Morgan fingerprint density at radius 1 is 1.23 bits per heavy atom. The lowest BCUT2D eigenvalue weighted by Crippen LogP contribution is -2.54. The topological polar surface area (TPSA) is 41.1 Å². The lowest BCUT2D eigenvalue weighted by atomic mass is 9.83. The lowest BCUT2D eigenvalue weighted by molar-refractivity contribution is -0.127. The number of hydrogen-bond acceptors (Lipinski definition) is 3. The minimum atomic E-state index is -0.0689. The fraction of sp³-hybridized carbons (Fsp3) is 0.500. The molecule has 3 aliphatic rings. The predicted octanol–water partition coefficient (Wildman–Crippen LogP) is 3.48. The highest BCUT2D eigenvalue weighted by molar-refractivity contribution is 8.04. The molecule has 1 aromatic carbocycles. The molecule has 22 heavy (non-hydrogen) atoms. The van der Waals surface area contributed by atoms with Gasteiger partial charge in [-0.3, -0.25) is 10.1 Å². The molecule has 2 N–H and O–H groups in total. The third-order valence-electron chi connectivity index (χ3n) is 5.06. The van der Waals surface area contributed by atoms with Gasteiger partial charge >= 0.3 is 0 Å². The first-order valence-corrected chi connectivity index (χ1v) is 9.01. The van der Waals surface area contributed by atoms with E-state index >= 15 is 0 Å². The van der Waals surface area contributed by atoms with E-state index in [1.54, 1.807) is 0 Å². The van der Waals surface area contributed by atoms with Crippen molar-refractivity contribution in [1.29, 1.82) is 0 Å². The van der Waals surface area contributed by atoms with E-state index in [0.717, 1.165) is 24.3 Å². The lowest BCUT2D eigenvalue weighted by Gasteiger charge is -2.34. The molecular formula is C18H22N2OS. The number of nitrogens with one attached hydrogen (secondary N) is 2. The molecule has 4 unspecified atom stereocenters. The van der Waals surface area contributed by atoms with Crippen LogP contribution in [-0.4, -0.2) is 11.3 Å².